The third kappa shape index (κ3) is 4.75. The van der Waals surface area contributed by atoms with Crippen LogP contribution in [0.2, 0.25) is 0 Å². The van der Waals surface area contributed by atoms with Crippen LogP contribution in [0.1, 0.15) is 30.6 Å². The zero-order valence-electron chi connectivity index (χ0n) is 13.9. The van der Waals surface area contributed by atoms with Crippen LogP contribution in [0.4, 0.5) is 4.39 Å². The number of hydrogen-bond acceptors (Lipinski definition) is 3. The Kier molecular flexibility index (Phi) is 6.56. The predicted octanol–water partition coefficient (Wildman–Crippen LogP) is 3.16. The van der Waals surface area contributed by atoms with Gasteiger partial charge in [-0.25, -0.2) is 4.39 Å². The Hall–Kier alpha value is -0.980. The van der Waals surface area contributed by atoms with Crippen LogP contribution >= 0.6 is 15.9 Å². The van der Waals surface area contributed by atoms with Gasteiger partial charge in [-0.2, -0.15) is 0 Å². The van der Waals surface area contributed by atoms with E-state index in [1.54, 1.807) is 13.2 Å². The van der Waals surface area contributed by atoms with Gasteiger partial charge in [0.2, 0.25) is 0 Å². The number of nitrogens with zero attached hydrogens (tertiary/aromatic N) is 2. The van der Waals surface area contributed by atoms with Crippen molar-refractivity contribution < 1.29 is 13.9 Å². The number of carbonyl (C=O) groups is 1. The highest BCUT2D eigenvalue weighted by atomic mass is 79.9. The van der Waals surface area contributed by atoms with E-state index < -0.39 is 5.82 Å². The van der Waals surface area contributed by atoms with Crippen LogP contribution in [0.3, 0.4) is 0 Å². The maximum absolute atomic E-state index is 13.5. The molecule has 4 nitrogen and oxygen atoms in total. The minimum atomic E-state index is -0.401. The molecule has 2 unspecified atom stereocenters. The van der Waals surface area contributed by atoms with Crippen molar-refractivity contribution in [1.29, 1.82) is 0 Å². The zero-order valence-corrected chi connectivity index (χ0v) is 15.5. The van der Waals surface area contributed by atoms with Crippen LogP contribution in [0.25, 0.3) is 0 Å². The summed E-state index contributed by atoms with van der Waals surface area (Å²) in [6.07, 6.45) is 0.982. The van der Waals surface area contributed by atoms with E-state index in [1.165, 1.54) is 12.1 Å². The van der Waals surface area contributed by atoms with E-state index >= 15 is 0 Å². The molecule has 23 heavy (non-hydrogen) atoms. The van der Waals surface area contributed by atoms with Crippen molar-refractivity contribution in [3.63, 3.8) is 0 Å². The first-order valence-electron chi connectivity index (χ1n) is 7.92. The Balaban J connectivity index is 2.04. The topological polar surface area (TPSA) is 32.8 Å². The van der Waals surface area contributed by atoms with E-state index in [0.717, 1.165) is 19.6 Å². The molecule has 1 aliphatic rings. The lowest BCUT2D eigenvalue weighted by molar-refractivity contribution is 0.0270. The van der Waals surface area contributed by atoms with Crippen molar-refractivity contribution in [2.75, 3.05) is 33.4 Å². The number of amides is 1. The molecule has 0 saturated carbocycles. The van der Waals surface area contributed by atoms with Gasteiger partial charge in [0.1, 0.15) is 5.82 Å². The lowest BCUT2D eigenvalue weighted by atomic mass is 10.1. The number of methoxy groups -OCH3 is 1. The van der Waals surface area contributed by atoms with Gasteiger partial charge in [0.25, 0.3) is 5.91 Å². The van der Waals surface area contributed by atoms with E-state index in [1.807, 2.05) is 4.90 Å². The summed E-state index contributed by atoms with van der Waals surface area (Å²) in [5.41, 5.74) is 0.393. The first-order chi connectivity index (χ1) is 10.9. The van der Waals surface area contributed by atoms with Crippen LogP contribution < -0.4 is 0 Å². The molecular formula is C17H24BrFN2O2. The lowest BCUT2D eigenvalue weighted by Crippen LogP contribution is -2.58. The average molecular weight is 387 g/mol. The second-order valence-corrected chi connectivity index (χ2v) is 7.07. The number of benzene rings is 1. The number of piperazine rings is 1. The monoisotopic (exact) mass is 386 g/mol. The summed E-state index contributed by atoms with van der Waals surface area (Å²) in [6.45, 7) is 7.28. The summed E-state index contributed by atoms with van der Waals surface area (Å²) in [5, 5.41) is 0. The molecule has 0 bridgehead atoms. The van der Waals surface area contributed by atoms with Crippen LogP contribution in [0.5, 0.6) is 0 Å². The molecule has 1 heterocycles. The molecular weight excluding hydrogens is 363 g/mol. The minimum absolute atomic E-state index is 0.111. The largest absolute Gasteiger partial charge is 0.385 e. The molecule has 0 radical (unpaired) electrons. The van der Waals surface area contributed by atoms with Gasteiger partial charge in [0.15, 0.2) is 0 Å². The molecule has 2 atom stereocenters. The summed E-state index contributed by atoms with van der Waals surface area (Å²) < 4.78 is 19.2. The smallest absolute Gasteiger partial charge is 0.254 e. The van der Waals surface area contributed by atoms with Crippen LogP contribution in [0.15, 0.2) is 22.7 Å². The molecule has 0 aliphatic carbocycles. The maximum atomic E-state index is 13.5. The van der Waals surface area contributed by atoms with E-state index in [2.05, 4.69) is 34.7 Å². The fourth-order valence-electron chi connectivity index (χ4n) is 3.21. The first kappa shape index (κ1) is 18.4. The van der Waals surface area contributed by atoms with Crippen molar-refractivity contribution in [2.24, 2.45) is 0 Å². The Morgan fingerprint density at radius 3 is 2.52 bits per heavy atom. The fraction of sp³-hybridized carbons (Fsp3) is 0.588. The first-order valence-corrected chi connectivity index (χ1v) is 8.71. The van der Waals surface area contributed by atoms with E-state index in [-0.39, 0.29) is 18.0 Å². The van der Waals surface area contributed by atoms with Crippen molar-refractivity contribution in [2.45, 2.75) is 32.4 Å². The normalized spacial score (nSPS) is 22.4. The summed E-state index contributed by atoms with van der Waals surface area (Å²) >= 11 is 3.24. The highest BCUT2D eigenvalue weighted by molar-refractivity contribution is 9.10. The molecule has 0 aromatic heterocycles. The van der Waals surface area contributed by atoms with Crippen molar-refractivity contribution in [3.05, 3.63) is 34.1 Å². The second-order valence-electron chi connectivity index (χ2n) is 6.15. The summed E-state index contributed by atoms with van der Waals surface area (Å²) in [5.74, 6) is -0.512. The summed E-state index contributed by atoms with van der Waals surface area (Å²) in [4.78, 5) is 16.9. The third-order valence-corrected chi connectivity index (χ3v) is 4.72. The molecule has 6 heteroatoms. The quantitative estimate of drug-likeness (QED) is 0.728. The molecule has 0 N–H and O–H groups in total. The molecule has 128 valence electrons. The maximum Gasteiger partial charge on any atom is 0.254 e. The average Bonchev–Trinajstić information content (AvgIpc) is 2.48. The van der Waals surface area contributed by atoms with E-state index in [0.29, 0.717) is 23.1 Å². The molecule has 0 spiro atoms. The van der Waals surface area contributed by atoms with Gasteiger partial charge in [0.05, 0.1) is 0 Å². The van der Waals surface area contributed by atoms with E-state index in [4.69, 9.17) is 4.74 Å². The summed E-state index contributed by atoms with van der Waals surface area (Å²) in [7, 11) is 1.71. The SMILES string of the molecule is COCCCN1C(C)CN(C(=O)c2cc(F)cc(Br)c2)CC1C. The number of halogens is 2. The molecule has 1 fully saturated rings. The van der Waals surface area contributed by atoms with Gasteiger partial charge >= 0.3 is 0 Å². The second kappa shape index (κ2) is 8.22. The zero-order chi connectivity index (χ0) is 17.0. The Labute approximate surface area is 145 Å². The minimum Gasteiger partial charge on any atom is -0.385 e. The van der Waals surface area contributed by atoms with Gasteiger partial charge in [-0.1, -0.05) is 15.9 Å². The van der Waals surface area contributed by atoms with Crippen LogP contribution in [-0.2, 0) is 4.74 Å². The standard InChI is InChI=1S/C17H24BrFN2O2/c1-12-10-20(11-13(2)21(12)5-4-6-23-3)17(22)14-7-15(18)9-16(19)8-14/h7-9,12-13H,4-6,10-11H2,1-3H3. The molecule has 1 aromatic rings. The molecule has 2 rings (SSSR count). The van der Waals surface area contributed by atoms with Gasteiger partial charge in [-0.15, -0.1) is 0 Å². The van der Waals surface area contributed by atoms with Gasteiger partial charge in [0, 0.05) is 55.5 Å². The highest BCUT2D eigenvalue weighted by Gasteiger charge is 2.31. The molecule has 1 saturated heterocycles. The van der Waals surface area contributed by atoms with Crippen LogP contribution in [-0.4, -0.2) is 61.1 Å². The van der Waals surface area contributed by atoms with Gasteiger partial charge in [-0.3, -0.25) is 9.69 Å². The molecule has 1 aliphatic heterocycles. The van der Waals surface area contributed by atoms with E-state index in [9.17, 15) is 9.18 Å². The predicted molar refractivity (Wildman–Crippen MR) is 92.1 cm³/mol. The molecule has 1 aromatic carbocycles. The van der Waals surface area contributed by atoms with Crippen molar-refractivity contribution >= 4 is 21.8 Å². The Bertz CT molecular complexity index is 523. The molecule has 1 amide bonds. The lowest BCUT2D eigenvalue weighted by Gasteiger charge is -2.44. The number of ether oxygens (including phenoxy) is 1. The third-order valence-electron chi connectivity index (χ3n) is 4.26. The highest BCUT2D eigenvalue weighted by Crippen LogP contribution is 2.21. The number of carbonyl (C=O) groups excluding carboxylic acids is 1. The summed E-state index contributed by atoms with van der Waals surface area (Å²) in [6, 6.07) is 4.88. The number of rotatable bonds is 5. The number of hydrogen-bond donors (Lipinski definition) is 0. The fourth-order valence-corrected chi connectivity index (χ4v) is 3.68. The van der Waals surface area contributed by atoms with Gasteiger partial charge < -0.3 is 9.64 Å². The van der Waals surface area contributed by atoms with Crippen molar-refractivity contribution in [3.8, 4) is 0 Å². The van der Waals surface area contributed by atoms with Gasteiger partial charge in [-0.05, 0) is 38.5 Å². The van der Waals surface area contributed by atoms with Crippen LogP contribution in [0, 0.1) is 5.82 Å². The Morgan fingerprint density at radius 1 is 1.30 bits per heavy atom. The van der Waals surface area contributed by atoms with Crippen molar-refractivity contribution in [1.82, 2.24) is 9.80 Å². The Morgan fingerprint density at radius 2 is 1.96 bits per heavy atom.